The summed E-state index contributed by atoms with van der Waals surface area (Å²) in [6.45, 7) is 0. The summed E-state index contributed by atoms with van der Waals surface area (Å²) in [5, 5.41) is 1.28. The van der Waals surface area contributed by atoms with E-state index >= 15 is 0 Å². The molecule has 2 aromatic carbocycles. The molecule has 4 heteroatoms. The number of carbonyl (C=O) groups excluding carboxylic acids is 1. The zero-order valence-electron chi connectivity index (χ0n) is 11.4. The van der Waals surface area contributed by atoms with Crippen molar-refractivity contribution in [1.82, 2.24) is 0 Å². The second-order valence-corrected chi connectivity index (χ2v) is 6.83. The number of thioether (sulfide) groups is 1. The van der Waals surface area contributed by atoms with Gasteiger partial charge in [0.15, 0.2) is 0 Å². The first-order valence-corrected chi connectivity index (χ1v) is 8.64. The Bertz CT molecular complexity index is 746. The van der Waals surface area contributed by atoms with Crippen LogP contribution in [0, 0.1) is 0 Å². The molecule has 0 aliphatic rings. The van der Waals surface area contributed by atoms with Crippen LogP contribution >= 0.6 is 23.1 Å². The van der Waals surface area contributed by atoms with Crippen molar-refractivity contribution in [1.29, 1.82) is 0 Å². The highest BCUT2D eigenvalue weighted by molar-refractivity contribution is 7.99. The molecule has 0 saturated heterocycles. The smallest absolute Gasteiger partial charge is 0.227 e. The van der Waals surface area contributed by atoms with Crippen LogP contribution in [0.2, 0.25) is 0 Å². The zero-order valence-corrected chi connectivity index (χ0v) is 13.0. The van der Waals surface area contributed by atoms with Gasteiger partial charge in [-0.1, -0.05) is 42.5 Å². The molecule has 3 aromatic rings. The van der Waals surface area contributed by atoms with Gasteiger partial charge >= 0.3 is 0 Å². The summed E-state index contributed by atoms with van der Waals surface area (Å²) in [6.07, 6.45) is 0. The van der Waals surface area contributed by atoms with Gasteiger partial charge in [0.05, 0.1) is 5.75 Å². The first-order chi connectivity index (χ1) is 10.2. The molecule has 0 atom stereocenters. The van der Waals surface area contributed by atoms with Crippen LogP contribution in [0.5, 0.6) is 0 Å². The number of hydrogen-bond donors (Lipinski definition) is 1. The van der Waals surface area contributed by atoms with E-state index in [0.717, 1.165) is 5.75 Å². The number of thiophene rings is 1. The predicted molar refractivity (Wildman–Crippen MR) is 92.6 cm³/mol. The number of benzene rings is 2. The molecule has 3 rings (SSSR count). The molecule has 0 unspecified atom stereocenters. The van der Waals surface area contributed by atoms with E-state index in [0.29, 0.717) is 5.75 Å². The van der Waals surface area contributed by atoms with Crippen LogP contribution in [-0.4, -0.2) is 11.7 Å². The van der Waals surface area contributed by atoms with Crippen molar-refractivity contribution in [2.45, 2.75) is 5.75 Å². The molecule has 0 fully saturated rings. The van der Waals surface area contributed by atoms with Crippen LogP contribution < -0.4 is 5.73 Å². The Balaban J connectivity index is 1.92. The Kier molecular flexibility index (Phi) is 4.27. The molecular formula is C17H15NOS2. The maximum atomic E-state index is 10.9. The summed E-state index contributed by atoms with van der Waals surface area (Å²) < 4.78 is 1.30. The second kappa shape index (κ2) is 6.33. The van der Waals surface area contributed by atoms with E-state index in [1.807, 2.05) is 6.07 Å². The van der Waals surface area contributed by atoms with Crippen LogP contribution in [0.15, 0.2) is 54.6 Å². The summed E-state index contributed by atoms with van der Waals surface area (Å²) in [6, 6.07) is 19.0. The quantitative estimate of drug-likeness (QED) is 0.763. The van der Waals surface area contributed by atoms with Crippen LogP contribution in [0.25, 0.3) is 20.5 Å². The minimum Gasteiger partial charge on any atom is -0.369 e. The number of amides is 1. The molecule has 2 nitrogen and oxygen atoms in total. The lowest BCUT2D eigenvalue weighted by Gasteiger charge is -2.06. The molecule has 0 spiro atoms. The van der Waals surface area contributed by atoms with Gasteiger partial charge in [0.1, 0.15) is 0 Å². The van der Waals surface area contributed by atoms with Crippen molar-refractivity contribution in [2.24, 2.45) is 5.73 Å². The highest BCUT2D eigenvalue weighted by Crippen LogP contribution is 2.36. The number of nitrogens with two attached hydrogens (primary N) is 1. The lowest BCUT2D eigenvalue weighted by molar-refractivity contribution is -0.115. The molecule has 106 valence electrons. The van der Waals surface area contributed by atoms with Crippen LogP contribution in [-0.2, 0) is 10.5 Å². The fraction of sp³-hybridized carbons (Fsp3) is 0.118. The molecule has 0 aliphatic heterocycles. The lowest BCUT2D eigenvalue weighted by Crippen LogP contribution is -2.13. The van der Waals surface area contributed by atoms with Crippen molar-refractivity contribution in [3.63, 3.8) is 0 Å². The molecule has 1 amide bonds. The average molecular weight is 313 g/mol. The topological polar surface area (TPSA) is 43.1 Å². The van der Waals surface area contributed by atoms with Gasteiger partial charge in [-0.3, -0.25) is 4.79 Å². The summed E-state index contributed by atoms with van der Waals surface area (Å²) in [4.78, 5) is 12.1. The number of hydrogen-bond acceptors (Lipinski definition) is 3. The Morgan fingerprint density at radius 3 is 2.67 bits per heavy atom. The van der Waals surface area contributed by atoms with Crippen molar-refractivity contribution in [2.75, 3.05) is 5.75 Å². The molecule has 0 saturated carbocycles. The van der Waals surface area contributed by atoms with Gasteiger partial charge in [0.25, 0.3) is 0 Å². The first kappa shape index (κ1) is 14.2. The second-order valence-electron chi connectivity index (χ2n) is 4.76. The third kappa shape index (κ3) is 3.28. The van der Waals surface area contributed by atoms with E-state index in [1.54, 1.807) is 23.1 Å². The van der Waals surface area contributed by atoms with E-state index in [9.17, 15) is 4.79 Å². The van der Waals surface area contributed by atoms with E-state index in [4.69, 9.17) is 5.73 Å². The Labute approximate surface area is 132 Å². The standard InChI is InChI=1S/C17H15NOS2/c18-17(19)11-20-10-13-6-1-3-7-14(13)16-9-12-5-2-4-8-15(12)21-16/h1-9H,10-11H2,(H2,18,19). The SMILES string of the molecule is NC(=O)CSCc1ccccc1-c1cc2ccccc2s1. The van der Waals surface area contributed by atoms with Gasteiger partial charge in [-0.2, -0.15) is 0 Å². The lowest BCUT2D eigenvalue weighted by atomic mass is 10.1. The van der Waals surface area contributed by atoms with Gasteiger partial charge < -0.3 is 5.73 Å². The molecular weight excluding hydrogens is 298 g/mol. The Hall–Kier alpha value is -1.78. The van der Waals surface area contributed by atoms with Crippen molar-refractivity contribution in [3.05, 3.63) is 60.2 Å². The first-order valence-electron chi connectivity index (χ1n) is 6.67. The predicted octanol–water partition coefficient (Wildman–Crippen LogP) is 4.29. The molecule has 0 aliphatic carbocycles. The van der Waals surface area contributed by atoms with Gasteiger partial charge in [0.2, 0.25) is 5.91 Å². The Morgan fingerprint density at radius 2 is 1.86 bits per heavy atom. The zero-order chi connectivity index (χ0) is 14.7. The minimum atomic E-state index is -0.264. The Morgan fingerprint density at radius 1 is 1.10 bits per heavy atom. The molecule has 1 heterocycles. The fourth-order valence-electron chi connectivity index (χ4n) is 2.26. The third-order valence-corrected chi connectivity index (χ3v) is 5.36. The third-order valence-electron chi connectivity index (χ3n) is 3.21. The highest BCUT2D eigenvalue weighted by Gasteiger charge is 2.08. The van der Waals surface area contributed by atoms with Gasteiger partial charge in [-0.05, 0) is 28.6 Å². The highest BCUT2D eigenvalue weighted by atomic mass is 32.2. The minimum absolute atomic E-state index is 0.264. The molecule has 0 bridgehead atoms. The van der Waals surface area contributed by atoms with Crippen LogP contribution in [0.1, 0.15) is 5.56 Å². The van der Waals surface area contributed by atoms with Crippen molar-refractivity contribution >= 4 is 39.1 Å². The van der Waals surface area contributed by atoms with E-state index in [1.165, 1.54) is 26.1 Å². The van der Waals surface area contributed by atoms with Crippen LogP contribution in [0.3, 0.4) is 0 Å². The number of rotatable bonds is 5. The van der Waals surface area contributed by atoms with E-state index in [-0.39, 0.29) is 5.91 Å². The van der Waals surface area contributed by atoms with Gasteiger partial charge in [0, 0.05) is 15.3 Å². The number of fused-ring (bicyclic) bond motifs is 1. The maximum absolute atomic E-state index is 10.9. The normalized spacial score (nSPS) is 10.9. The molecule has 0 radical (unpaired) electrons. The number of carbonyl (C=O) groups is 1. The summed E-state index contributed by atoms with van der Waals surface area (Å²) in [5.41, 5.74) is 7.69. The summed E-state index contributed by atoms with van der Waals surface area (Å²) in [7, 11) is 0. The molecule has 21 heavy (non-hydrogen) atoms. The van der Waals surface area contributed by atoms with E-state index < -0.39 is 0 Å². The molecule has 2 N–H and O–H groups in total. The monoisotopic (exact) mass is 313 g/mol. The average Bonchev–Trinajstić information content (AvgIpc) is 2.91. The fourth-order valence-corrected chi connectivity index (χ4v) is 4.16. The molecule has 1 aromatic heterocycles. The summed E-state index contributed by atoms with van der Waals surface area (Å²) in [5.74, 6) is 0.896. The largest absolute Gasteiger partial charge is 0.369 e. The maximum Gasteiger partial charge on any atom is 0.227 e. The number of primary amides is 1. The van der Waals surface area contributed by atoms with Crippen LogP contribution in [0.4, 0.5) is 0 Å². The van der Waals surface area contributed by atoms with Gasteiger partial charge in [-0.15, -0.1) is 23.1 Å². The van der Waals surface area contributed by atoms with E-state index in [2.05, 4.69) is 48.5 Å². The summed E-state index contributed by atoms with van der Waals surface area (Å²) >= 11 is 3.36. The van der Waals surface area contributed by atoms with Crippen molar-refractivity contribution in [3.8, 4) is 10.4 Å². The van der Waals surface area contributed by atoms with Crippen molar-refractivity contribution < 1.29 is 4.79 Å². The van der Waals surface area contributed by atoms with Gasteiger partial charge in [-0.25, -0.2) is 0 Å².